The van der Waals surface area contributed by atoms with Crippen LogP contribution < -0.4 is 10.1 Å². The van der Waals surface area contributed by atoms with Crippen molar-refractivity contribution >= 4 is 45.7 Å². The number of benzene rings is 3. The molecule has 0 bridgehead atoms. The van der Waals surface area contributed by atoms with Crippen LogP contribution in [0, 0.1) is 6.92 Å². The Morgan fingerprint density at radius 1 is 1.18 bits per heavy atom. The van der Waals surface area contributed by atoms with E-state index in [1.807, 2.05) is 35.8 Å². The maximum Gasteiger partial charge on any atom is 0.234 e. The van der Waals surface area contributed by atoms with Crippen molar-refractivity contribution in [2.75, 3.05) is 11.1 Å². The van der Waals surface area contributed by atoms with Crippen LogP contribution in [0.3, 0.4) is 0 Å². The summed E-state index contributed by atoms with van der Waals surface area (Å²) < 4.78 is 7.99. The molecule has 168 valence electrons. The molecule has 8 heteroatoms. The molecule has 1 aromatic heterocycles. The number of hydrogen-bond donors (Lipinski definition) is 1. The van der Waals surface area contributed by atoms with E-state index in [-0.39, 0.29) is 18.3 Å². The lowest BCUT2D eigenvalue weighted by Gasteiger charge is -2.12. The van der Waals surface area contributed by atoms with Crippen LogP contribution in [-0.4, -0.2) is 26.4 Å². The number of aryl methyl sites for hydroxylation is 1. The van der Waals surface area contributed by atoms with Crippen molar-refractivity contribution in [3.63, 3.8) is 0 Å². The first-order valence-electron chi connectivity index (χ1n) is 10.4. The molecule has 0 saturated heterocycles. The van der Waals surface area contributed by atoms with Gasteiger partial charge in [0.2, 0.25) is 5.91 Å². The highest BCUT2D eigenvalue weighted by Crippen LogP contribution is 2.28. The van der Waals surface area contributed by atoms with E-state index in [4.69, 9.17) is 16.3 Å². The Kier molecular flexibility index (Phi) is 7.32. The minimum absolute atomic E-state index is 0.153. The number of carbonyl (C=O) groups is 1. The summed E-state index contributed by atoms with van der Waals surface area (Å²) in [6, 6.07) is 19.3. The first-order valence-corrected chi connectivity index (χ1v) is 11.7. The number of ether oxygens (including phenoxy) is 1. The molecule has 0 saturated carbocycles. The van der Waals surface area contributed by atoms with Gasteiger partial charge in [-0.2, -0.15) is 0 Å². The summed E-state index contributed by atoms with van der Waals surface area (Å²) in [5, 5.41) is 14.9. The molecule has 3 aromatic carbocycles. The normalized spacial score (nSPS) is 10.8. The highest BCUT2D eigenvalue weighted by Gasteiger charge is 2.15. The third-order valence-electron chi connectivity index (χ3n) is 5.05. The Bertz CT molecular complexity index is 1300. The lowest BCUT2D eigenvalue weighted by Crippen LogP contribution is -2.15. The SMILES string of the molecule is C=CCn1c(COc2ccc3ccccc3c2C)nnc1SCC(=O)Nc1cccc(Cl)c1. The fourth-order valence-electron chi connectivity index (χ4n) is 3.44. The molecule has 0 spiro atoms. The summed E-state index contributed by atoms with van der Waals surface area (Å²) in [7, 11) is 0. The van der Waals surface area contributed by atoms with Crippen molar-refractivity contribution in [3.8, 4) is 5.75 Å². The minimum Gasteiger partial charge on any atom is -0.485 e. The molecule has 0 unspecified atom stereocenters. The van der Waals surface area contributed by atoms with Gasteiger partial charge in [-0.1, -0.05) is 65.8 Å². The van der Waals surface area contributed by atoms with Gasteiger partial charge in [-0.15, -0.1) is 16.8 Å². The summed E-state index contributed by atoms with van der Waals surface area (Å²) in [4.78, 5) is 12.4. The van der Waals surface area contributed by atoms with Gasteiger partial charge in [0.25, 0.3) is 0 Å². The number of aromatic nitrogens is 3. The average molecular weight is 479 g/mol. The number of halogens is 1. The molecule has 1 amide bonds. The number of nitrogens with one attached hydrogen (secondary N) is 1. The molecule has 4 aromatic rings. The van der Waals surface area contributed by atoms with Crippen molar-refractivity contribution in [3.05, 3.63) is 89.7 Å². The average Bonchev–Trinajstić information content (AvgIpc) is 3.19. The zero-order valence-electron chi connectivity index (χ0n) is 18.1. The fraction of sp³-hybridized carbons (Fsp3) is 0.160. The first-order chi connectivity index (χ1) is 16.0. The molecule has 0 aliphatic heterocycles. The number of anilines is 1. The number of carbonyl (C=O) groups excluding carboxylic acids is 1. The Morgan fingerprint density at radius 3 is 2.85 bits per heavy atom. The van der Waals surface area contributed by atoms with Crippen LogP contribution in [0.1, 0.15) is 11.4 Å². The number of rotatable bonds is 9. The molecule has 0 aliphatic rings. The third-order valence-corrected chi connectivity index (χ3v) is 6.25. The second-order valence-corrected chi connectivity index (χ2v) is 8.72. The van der Waals surface area contributed by atoms with E-state index in [0.29, 0.717) is 28.2 Å². The van der Waals surface area contributed by atoms with E-state index in [1.54, 1.807) is 30.3 Å². The molecule has 0 atom stereocenters. The Labute approximate surface area is 201 Å². The summed E-state index contributed by atoms with van der Waals surface area (Å²) >= 11 is 7.28. The predicted molar refractivity (Wildman–Crippen MR) is 134 cm³/mol. The number of fused-ring (bicyclic) bond motifs is 1. The highest BCUT2D eigenvalue weighted by atomic mass is 35.5. The van der Waals surface area contributed by atoms with Crippen LogP contribution in [0.2, 0.25) is 5.02 Å². The quantitative estimate of drug-likeness (QED) is 0.240. The summed E-state index contributed by atoms with van der Waals surface area (Å²) in [6.07, 6.45) is 1.77. The third kappa shape index (κ3) is 5.56. The van der Waals surface area contributed by atoms with E-state index in [0.717, 1.165) is 16.7 Å². The van der Waals surface area contributed by atoms with E-state index in [9.17, 15) is 4.79 Å². The van der Waals surface area contributed by atoms with Gasteiger partial charge in [-0.05, 0) is 47.5 Å². The zero-order chi connectivity index (χ0) is 23.2. The molecule has 4 rings (SSSR count). The Morgan fingerprint density at radius 2 is 2.03 bits per heavy atom. The lowest BCUT2D eigenvalue weighted by atomic mass is 10.0. The van der Waals surface area contributed by atoms with Crippen LogP contribution in [0.15, 0.2) is 78.5 Å². The van der Waals surface area contributed by atoms with Crippen LogP contribution >= 0.6 is 23.4 Å². The van der Waals surface area contributed by atoms with E-state index >= 15 is 0 Å². The second kappa shape index (κ2) is 10.6. The molecular formula is C25H23ClN4O2S. The molecule has 0 aliphatic carbocycles. The van der Waals surface area contributed by atoms with E-state index in [1.165, 1.54) is 17.1 Å². The van der Waals surface area contributed by atoms with Gasteiger partial charge in [0.05, 0.1) is 5.75 Å². The van der Waals surface area contributed by atoms with Gasteiger partial charge in [0, 0.05) is 17.3 Å². The smallest absolute Gasteiger partial charge is 0.234 e. The molecular weight excluding hydrogens is 456 g/mol. The van der Waals surface area contributed by atoms with Crippen LogP contribution in [0.5, 0.6) is 5.75 Å². The number of thioether (sulfide) groups is 1. The molecule has 0 radical (unpaired) electrons. The van der Waals surface area contributed by atoms with Gasteiger partial charge in [-0.3, -0.25) is 9.36 Å². The summed E-state index contributed by atoms with van der Waals surface area (Å²) in [5.74, 6) is 1.50. The maximum atomic E-state index is 12.4. The van der Waals surface area contributed by atoms with Crippen LogP contribution in [0.25, 0.3) is 10.8 Å². The molecule has 1 heterocycles. The fourth-order valence-corrected chi connectivity index (χ4v) is 4.40. The predicted octanol–water partition coefficient (Wildman–Crippen LogP) is 5.89. The number of allylic oxidation sites excluding steroid dienone is 1. The Balaban J connectivity index is 1.42. The topological polar surface area (TPSA) is 69.0 Å². The summed E-state index contributed by atoms with van der Waals surface area (Å²) in [6.45, 7) is 6.65. The second-order valence-electron chi connectivity index (χ2n) is 7.34. The van der Waals surface area contributed by atoms with Crippen molar-refractivity contribution in [2.45, 2.75) is 25.2 Å². The van der Waals surface area contributed by atoms with Crippen molar-refractivity contribution in [1.82, 2.24) is 14.8 Å². The number of amides is 1. The monoisotopic (exact) mass is 478 g/mol. The minimum atomic E-state index is -0.153. The van der Waals surface area contributed by atoms with E-state index in [2.05, 4.69) is 34.2 Å². The lowest BCUT2D eigenvalue weighted by molar-refractivity contribution is -0.113. The van der Waals surface area contributed by atoms with Gasteiger partial charge in [0.15, 0.2) is 11.0 Å². The van der Waals surface area contributed by atoms with Crippen LogP contribution in [-0.2, 0) is 17.9 Å². The maximum absolute atomic E-state index is 12.4. The van der Waals surface area contributed by atoms with Gasteiger partial charge >= 0.3 is 0 Å². The zero-order valence-corrected chi connectivity index (χ0v) is 19.7. The first kappa shape index (κ1) is 22.9. The highest BCUT2D eigenvalue weighted by molar-refractivity contribution is 7.99. The van der Waals surface area contributed by atoms with Crippen molar-refractivity contribution < 1.29 is 9.53 Å². The molecule has 33 heavy (non-hydrogen) atoms. The largest absolute Gasteiger partial charge is 0.485 e. The number of hydrogen-bond acceptors (Lipinski definition) is 5. The van der Waals surface area contributed by atoms with Gasteiger partial charge in [-0.25, -0.2) is 0 Å². The Hall–Kier alpha value is -3.29. The van der Waals surface area contributed by atoms with E-state index < -0.39 is 0 Å². The molecule has 0 fully saturated rings. The molecule has 1 N–H and O–H groups in total. The number of nitrogens with zero attached hydrogens (tertiary/aromatic N) is 3. The van der Waals surface area contributed by atoms with Crippen molar-refractivity contribution in [2.24, 2.45) is 0 Å². The van der Waals surface area contributed by atoms with Crippen LogP contribution in [0.4, 0.5) is 5.69 Å². The standard InChI is InChI=1S/C25H23ClN4O2S/c1-3-13-30-23(15-32-22-12-11-18-7-4-5-10-21(18)17(22)2)28-29-25(30)33-16-24(31)27-20-9-6-8-19(26)14-20/h3-12,14H,1,13,15-16H2,2H3,(H,27,31). The van der Waals surface area contributed by atoms with Gasteiger partial charge < -0.3 is 10.1 Å². The molecule has 6 nitrogen and oxygen atoms in total. The summed E-state index contributed by atoms with van der Waals surface area (Å²) in [5.41, 5.74) is 1.73. The van der Waals surface area contributed by atoms with Crippen molar-refractivity contribution in [1.29, 1.82) is 0 Å². The van der Waals surface area contributed by atoms with Gasteiger partial charge in [0.1, 0.15) is 12.4 Å².